The number of hydrogen-bond acceptors (Lipinski definition) is 2. The van der Waals surface area contributed by atoms with Crippen LogP contribution in [-0.2, 0) is 11.2 Å². The van der Waals surface area contributed by atoms with Crippen LogP contribution in [-0.4, -0.2) is 11.8 Å². The summed E-state index contributed by atoms with van der Waals surface area (Å²) in [4.78, 5) is 24.5. The van der Waals surface area contributed by atoms with E-state index in [1.165, 1.54) is 0 Å². The quantitative estimate of drug-likeness (QED) is 0.529. The first-order valence-corrected chi connectivity index (χ1v) is 9.82. The number of halogens is 1. The van der Waals surface area contributed by atoms with Crippen molar-refractivity contribution >= 4 is 39.1 Å². The third-order valence-electron chi connectivity index (χ3n) is 4.34. The van der Waals surface area contributed by atoms with Crippen LogP contribution in [0.3, 0.4) is 0 Å². The van der Waals surface area contributed by atoms with Crippen LogP contribution in [0.1, 0.15) is 27.9 Å². The molecule has 0 unspecified atom stereocenters. The smallest absolute Gasteiger partial charge is 0.255 e. The van der Waals surface area contributed by atoms with E-state index in [4.69, 9.17) is 0 Å². The minimum atomic E-state index is -0.180. The molecule has 0 aliphatic heterocycles. The molecule has 142 valence electrons. The fraction of sp³-hybridized carbons (Fsp3) is 0.130. The predicted octanol–water partition coefficient (Wildman–Crippen LogP) is 5.58. The lowest BCUT2D eigenvalue weighted by atomic mass is 10.1. The topological polar surface area (TPSA) is 58.2 Å². The number of carbonyl (C=O) groups is 2. The molecule has 0 radical (unpaired) electrons. The lowest BCUT2D eigenvalue weighted by Crippen LogP contribution is -2.13. The maximum Gasteiger partial charge on any atom is 0.255 e. The van der Waals surface area contributed by atoms with Crippen LogP contribution in [0.15, 0.2) is 77.3 Å². The van der Waals surface area contributed by atoms with Gasteiger partial charge in [-0.2, -0.15) is 0 Å². The van der Waals surface area contributed by atoms with Gasteiger partial charge in [0.1, 0.15) is 0 Å². The Morgan fingerprint density at radius 1 is 0.857 bits per heavy atom. The Kier molecular flexibility index (Phi) is 6.61. The van der Waals surface area contributed by atoms with E-state index in [2.05, 4.69) is 26.6 Å². The van der Waals surface area contributed by atoms with Gasteiger partial charge in [0.2, 0.25) is 5.91 Å². The van der Waals surface area contributed by atoms with E-state index in [1.807, 2.05) is 43.3 Å². The van der Waals surface area contributed by atoms with Crippen LogP contribution in [0, 0.1) is 6.92 Å². The number of anilines is 2. The van der Waals surface area contributed by atoms with Gasteiger partial charge in [0.25, 0.3) is 5.91 Å². The van der Waals surface area contributed by atoms with Crippen molar-refractivity contribution in [2.75, 3.05) is 10.6 Å². The summed E-state index contributed by atoms with van der Waals surface area (Å²) in [7, 11) is 0. The van der Waals surface area contributed by atoms with Gasteiger partial charge in [-0.25, -0.2) is 0 Å². The van der Waals surface area contributed by atoms with E-state index in [-0.39, 0.29) is 11.8 Å². The molecule has 2 amide bonds. The molecule has 0 saturated heterocycles. The van der Waals surface area contributed by atoms with Gasteiger partial charge in [-0.3, -0.25) is 9.59 Å². The molecule has 2 N–H and O–H groups in total. The van der Waals surface area contributed by atoms with Gasteiger partial charge in [-0.15, -0.1) is 0 Å². The molecule has 0 heterocycles. The molecular formula is C23H21BrN2O2. The van der Waals surface area contributed by atoms with Crippen LogP contribution >= 0.6 is 15.9 Å². The predicted molar refractivity (Wildman–Crippen MR) is 117 cm³/mol. The van der Waals surface area contributed by atoms with E-state index in [0.717, 1.165) is 15.6 Å². The van der Waals surface area contributed by atoms with Crippen molar-refractivity contribution < 1.29 is 9.59 Å². The van der Waals surface area contributed by atoms with Gasteiger partial charge in [0.15, 0.2) is 0 Å². The summed E-state index contributed by atoms with van der Waals surface area (Å²) in [5.41, 5.74) is 4.16. The highest BCUT2D eigenvalue weighted by molar-refractivity contribution is 9.10. The number of nitrogens with one attached hydrogen (secondary N) is 2. The molecule has 0 fully saturated rings. The van der Waals surface area contributed by atoms with E-state index < -0.39 is 0 Å². The molecule has 28 heavy (non-hydrogen) atoms. The number of benzene rings is 3. The fourth-order valence-electron chi connectivity index (χ4n) is 2.70. The summed E-state index contributed by atoms with van der Waals surface area (Å²) in [6.45, 7) is 1.97. The first-order chi connectivity index (χ1) is 13.5. The molecule has 3 rings (SSSR count). The summed E-state index contributed by atoms with van der Waals surface area (Å²) in [6, 6.07) is 22.5. The summed E-state index contributed by atoms with van der Waals surface area (Å²) >= 11 is 3.44. The lowest BCUT2D eigenvalue weighted by molar-refractivity contribution is -0.116. The Morgan fingerprint density at radius 2 is 1.50 bits per heavy atom. The molecule has 0 bridgehead atoms. The maximum absolute atomic E-state index is 12.4. The van der Waals surface area contributed by atoms with Crippen molar-refractivity contribution in [3.8, 4) is 0 Å². The van der Waals surface area contributed by atoms with Gasteiger partial charge in [0.05, 0.1) is 0 Å². The number of aryl methyl sites for hydroxylation is 2. The van der Waals surface area contributed by atoms with Gasteiger partial charge in [-0.1, -0.05) is 52.3 Å². The Hall–Kier alpha value is -2.92. The number of carbonyl (C=O) groups excluding carboxylic acids is 2. The monoisotopic (exact) mass is 436 g/mol. The third-order valence-corrected chi connectivity index (χ3v) is 5.20. The molecule has 0 aliphatic rings. The average Bonchev–Trinajstić information content (AvgIpc) is 2.71. The van der Waals surface area contributed by atoms with Gasteiger partial charge in [0, 0.05) is 27.8 Å². The van der Waals surface area contributed by atoms with E-state index >= 15 is 0 Å². The number of amides is 2. The standard InChI is InChI=1S/C23H21BrN2O2/c1-16-7-9-18(15-21(16)24)23(28)26-20-12-10-19(11-13-20)25-22(27)14-8-17-5-3-2-4-6-17/h2-7,9-13,15H,8,14H2,1H3,(H,25,27)(H,26,28). The van der Waals surface area contributed by atoms with Crippen LogP contribution in [0.4, 0.5) is 11.4 Å². The van der Waals surface area contributed by atoms with Crippen LogP contribution in [0.2, 0.25) is 0 Å². The second-order valence-electron chi connectivity index (χ2n) is 6.53. The largest absolute Gasteiger partial charge is 0.326 e. The number of hydrogen-bond donors (Lipinski definition) is 2. The van der Waals surface area contributed by atoms with Gasteiger partial charge in [-0.05, 0) is 60.9 Å². The zero-order valence-electron chi connectivity index (χ0n) is 15.5. The van der Waals surface area contributed by atoms with Crippen molar-refractivity contribution in [3.63, 3.8) is 0 Å². The minimum Gasteiger partial charge on any atom is -0.326 e. The van der Waals surface area contributed by atoms with Crippen LogP contribution in [0.25, 0.3) is 0 Å². The summed E-state index contributed by atoms with van der Waals surface area (Å²) < 4.78 is 0.897. The van der Waals surface area contributed by atoms with Crippen molar-refractivity contribution in [1.29, 1.82) is 0 Å². The second kappa shape index (κ2) is 9.33. The fourth-order valence-corrected chi connectivity index (χ4v) is 3.08. The maximum atomic E-state index is 12.4. The Labute approximate surface area is 173 Å². The highest BCUT2D eigenvalue weighted by Gasteiger charge is 2.08. The van der Waals surface area contributed by atoms with Crippen molar-refractivity contribution in [2.24, 2.45) is 0 Å². The van der Waals surface area contributed by atoms with E-state index in [1.54, 1.807) is 36.4 Å². The minimum absolute atomic E-state index is 0.0369. The Morgan fingerprint density at radius 3 is 2.14 bits per heavy atom. The Balaban J connectivity index is 1.53. The summed E-state index contributed by atoms with van der Waals surface area (Å²) in [5.74, 6) is -0.217. The van der Waals surface area contributed by atoms with E-state index in [9.17, 15) is 9.59 Å². The molecule has 3 aromatic rings. The van der Waals surface area contributed by atoms with Gasteiger partial charge >= 0.3 is 0 Å². The van der Waals surface area contributed by atoms with Crippen molar-refractivity contribution in [1.82, 2.24) is 0 Å². The molecule has 0 aromatic heterocycles. The SMILES string of the molecule is Cc1ccc(C(=O)Nc2ccc(NC(=O)CCc3ccccc3)cc2)cc1Br. The third kappa shape index (κ3) is 5.54. The molecule has 0 atom stereocenters. The zero-order valence-corrected chi connectivity index (χ0v) is 17.1. The lowest BCUT2D eigenvalue weighted by Gasteiger charge is -2.09. The first kappa shape index (κ1) is 19.8. The highest BCUT2D eigenvalue weighted by Crippen LogP contribution is 2.19. The first-order valence-electron chi connectivity index (χ1n) is 9.02. The van der Waals surface area contributed by atoms with Crippen molar-refractivity contribution in [3.05, 3.63) is 94.0 Å². The highest BCUT2D eigenvalue weighted by atomic mass is 79.9. The average molecular weight is 437 g/mol. The molecule has 0 aliphatic carbocycles. The summed E-state index contributed by atoms with van der Waals surface area (Å²) in [6.07, 6.45) is 1.12. The zero-order chi connectivity index (χ0) is 19.9. The summed E-state index contributed by atoms with van der Waals surface area (Å²) in [5, 5.41) is 5.74. The normalized spacial score (nSPS) is 10.4. The Bertz CT molecular complexity index is 970. The van der Waals surface area contributed by atoms with Crippen molar-refractivity contribution in [2.45, 2.75) is 19.8 Å². The van der Waals surface area contributed by atoms with Gasteiger partial charge < -0.3 is 10.6 Å². The van der Waals surface area contributed by atoms with E-state index in [0.29, 0.717) is 29.8 Å². The molecule has 3 aromatic carbocycles. The second-order valence-corrected chi connectivity index (χ2v) is 7.38. The molecule has 0 saturated carbocycles. The molecular weight excluding hydrogens is 416 g/mol. The molecule has 4 nitrogen and oxygen atoms in total. The van der Waals surface area contributed by atoms with Crippen LogP contribution < -0.4 is 10.6 Å². The van der Waals surface area contributed by atoms with Crippen LogP contribution in [0.5, 0.6) is 0 Å². The molecule has 5 heteroatoms. The molecule has 0 spiro atoms. The number of rotatable bonds is 6.